The fraction of sp³-hybridized carbons (Fsp3) is 0.214. The van der Waals surface area contributed by atoms with E-state index < -0.39 is 17.2 Å². The van der Waals surface area contributed by atoms with Crippen molar-refractivity contribution in [3.8, 4) is 0 Å². The minimum atomic E-state index is -1.02. The standard InChI is InChI=1S/C14H14F2N2O/c1-14(9-19,10-6-11(15)8-17-7-10)18-13-5-3-2-4-12(13)16/h2-8,18-19H,9H2,1H3. The number of nitrogens with one attached hydrogen (secondary N) is 1. The van der Waals surface area contributed by atoms with E-state index in [4.69, 9.17) is 0 Å². The van der Waals surface area contributed by atoms with Crippen LogP contribution in [-0.2, 0) is 5.54 Å². The van der Waals surface area contributed by atoms with Crippen LogP contribution in [0.3, 0.4) is 0 Å². The lowest BCUT2D eigenvalue weighted by Gasteiger charge is -2.30. The Kier molecular flexibility index (Phi) is 3.76. The van der Waals surface area contributed by atoms with E-state index in [1.165, 1.54) is 18.3 Å². The molecule has 0 aliphatic rings. The topological polar surface area (TPSA) is 45.1 Å². The second kappa shape index (κ2) is 5.32. The molecule has 5 heteroatoms. The van der Waals surface area contributed by atoms with Gasteiger partial charge in [0, 0.05) is 11.8 Å². The lowest BCUT2D eigenvalue weighted by atomic mass is 9.94. The van der Waals surface area contributed by atoms with Gasteiger partial charge >= 0.3 is 0 Å². The second-order valence-corrected chi connectivity index (χ2v) is 4.49. The summed E-state index contributed by atoms with van der Waals surface area (Å²) in [4.78, 5) is 3.74. The number of hydrogen-bond acceptors (Lipinski definition) is 3. The Morgan fingerprint density at radius 1 is 1.26 bits per heavy atom. The number of anilines is 1. The summed E-state index contributed by atoms with van der Waals surface area (Å²) in [6.07, 6.45) is 2.51. The summed E-state index contributed by atoms with van der Waals surface area (Å²) >= 11 is 0. The van der Waals surface area contributed by atoms with Crippen molar-refractivity contribution in [3.63, 3.8) is 0 Å². The molecule has 2 aromatic rings. The summed E-state index contributed by atoms with van der Waals surface area (Å²) in [5.74, 6) is -0.945. The van der Waals surface area contributed by atoms with Gasteiger partial charge in [-0.05, 0) is 25.1 Å². The maximum atomic E-state index is 13.6. The van der Waals surface area contributed by atoms with Crippen molar-refractivity contribution in [3.05, 3.63) is 59.9 Å². The number of pyridine rings is 1. The third-order valence-corrected chi connectivity index (χ3v) is 2.94. The molecule has 3 nitrogen and oxygen atoms in total. The van der Waals surface area contributed by atoms with Crippen molar-refractivity contribution in [2.45, 2.75) is 12.5 Å². The highest BCUT2D eigenvalue weighted by Crippen LogP contribution is 2.27. The maximum Gasteiger partial charge on any atom is 0.146 e. The van der Waals surface area contributed by atoms with Crippen LogP contribution in [0.1, 0.15) is 12.5 Å². The van der Waals surface area contributed by atoms with E-state index >= 15 is 0 Å². The van der Waals surface area contributed by atoms with Crippen LogP contribution in [0.15, 0.2) is 42.7 Å². The van der Waals surface area contributed by atoms with Gasteiger partial charge in [0.25, 0.3) is 0 Å². The Labute approximate surface area is 109 Å². The van der Waals surface area contributed by atoms with Crippen molar-refractivity contribution in [1.82, 2.24) is 4.98 Å². The Bertz CT molecular complexity index is 577. The predicted molar refractivity (Wildman–Crippen MR) is 68.7 cm³/mol. The smallest absolute Gasteiger partial charge is 0.146 e. The van der Waals surface area contributed by atoms with Crippen LogP contribution >= 0.6 is 0 Å². The minimum absolute atomic E-state index is 0.239. The molecular weight excluding hydrogens is 250 g/mol. The van der Waals surface area contributed by atoms with Crippen molar-refractivity contribution in [2.75, 3.05) is 11.9 Å². The molecule has 0 amide bonds. The summed E-state index contributed by atoms with van der Waals surface area (Å²) < 4.78 is 26.8. The second-order valence-electron chi connectivity index (χ2n) is 4.49. The molecule has 0 fully saturated rings. The highest BCUT2D eigenvalue weighted by molar-refractivity contribution is 5.48. The fourth-order valence-corrected chi connectivity index (χ4v) is 1.78. The molecule has 0 radical (unpaired) electrons. The van der Waals surface area contributed by atoms with Crippen LogP contribution in [0.5, 0.6) is 0 Å². The average Bonchev–Trinajstić information content (AvgIpc) is 2.41. The van der Waals surface area contributed by atoms with Crippen LogP contribution in [0.4, 0.5) is 14.5 Å². The molecule has 2 N–H and O–H groups in total. The van der Waals surface area contributed by atoms with E-state index in [9.17, 15) is 13.9 Å². The number of aromatic nitrogens is 1. The van der Waals surface area contributed by atoms with E-state index in [-0.39, 0.29) is 12.3 Å². The van der Waals surface area contributed by atoms with E-state index in [1.54, 1.807) is 25.1 Å². The number of nitrogens with zero attached hydrogens (tertiary/aromatic N) is 1. The first-order valence-electron chi connectivity index (χ1n) is 5.80. The average molecular weight is 264 g/mol. The molecule has 0 aliphatic heterocycles. The van der Waals surface area contributed by atoms with Gasteiger partial charge in [0.1, 0.15) is 11.6 Å². The van der Waals surface area contributed by atoms with Gasteiger partial charge in [-0.3, -0.25) is 4.98 Å². The highest BCUT2D eigenvalue weighted by atomic mass is 19.1. The van der Waals surface area contributed by atoms with Crippen LogP contribution in [0.2, 0.25) is 0 Å². The zero-order chi connectivity index (χ0) is 13.9. The summed E-state index contributed by atoms with van der Waals surface area (Å²) in [5.41, 5.74) is -0.335. The minimum Gasteiger partial charge on any atom is -0.394 e. The number of rotatable bonds is 4. The summed E-state index contributed by atoms with van der Waals surface area (Å²) in [6.45, 7) is 1.32. The molecule has 1 aromatic heterocycles. The SMILES string of the molecule is CC(CO)(Nc1ccccc1F)c1cncc(F)c1. The Hall–Kier alpha value is -2.01. The first kappa shape index (κ1) is 13.4. The monoisotopic (exact) mass is 264 g/mol. The van der Waals surface area contributed by atoms with E-state index in [0.717, 1.165) is 6.20 Å². The van der Waals surface area contributed by atoms with Crippen LogP contribution in [-0.4, -0.2) is 16.7 Å². The van der Waals surface area contributed by atoms with E-state index in [0.29, 0.717) is 5.56 Å². The van der Waals surface area contributed by atoms with Crippen molar-refractivity contribution in [2.24, 2.45) is 0 Å². The Morgan fingerprint density at radius 3 is 2.63 bits per heavy atom. The predicted octanol–water partition coefficient (Wildman–Crippen LogP) is 2.68. The molecule has 0 saturated heterocycles. The van der Waals surface area contributed by atoms with Gasteiger partial charge in [0.15, 0.2) is 0 Å². The molecule has 100 valence electrons. The first-order valence-corrected chi connectivity index (χ1v) is 5.80. The molecule has 1 atom stereocenters. The molecule has 19 heavy (non-hydrogen) atoms. The molecular formula is C14H14F2N2O. The van der Waals surface area contributed by atoms with Gasteiger partial charge in [-0.25, -0.2) is 8.78 Å². The van der Waals surface area contributed by atoms with Gasteiger partial charge < -0.3 is 10.4 Å². The molecule has 0 aliphatic carbocycles. The molecule has 2 rings (SSSR count). The van der Waals surface area contributed by atoms with E-state index in [1.807, 2.05) is 0 Å². The van der Waals surface area contributed by atoms with Crippen molar-refractivity contribution in [1.29, 1.82) is 0 Å². The molecule has 1 aromatic carbocycles. The number of aliphatic hydroxyl groups excluding tert-OH is 1. The lowest BCUT2D eigenvalue weighted by Crippen LogP contribution is -2.36. The zero-order valence-corrected chi connectivity index (χ0v) is 10.4. The quantitative estimate of drug-likeness (QED) is 0.892. The number of aliphatic hydroxyl groups is 1. The molecule has 0 saturated carbocycles. The lowest BCUT2D eigenvalue weighted by molar-refractivity contribution is 0.223. The molecule has 0 bridgehead atoms. The number of para-hydroxylation sites is 1. The van der Waals surface area contributed by atoms with E-state index in [2.05, 4.69) is 10.3 Å². The summed E-state index contributed by atoms with van der Waals surface area (Å²) in [6, 6.07) is 7.37. The highest BCUT2D eigenvalue weighted by Gasteiger charge is 2.27. The Balaban J connectivity index is 2.36. The van der Waals surface area contributed by atoms with Crippen molar-refractivity contribution < 1.29 is 13.9 Å². The number of halogens is 2. The summed E-state index contributed by atoms with van der Waals surface area (Å²) in [5, 5.41) is 12.4. The van der Waals surface area contributed by atoms with Crippen LogP contribution < -0.4 is 5.32 Å². The molecule has 1 unspecified atom stereocenters. The normalized spacial score (nSPS) is 13.9. The van der Waals surface area contributed by atoms with Gasteiger partial charge in [-0.1, -0.05) is 12.1 Å². The van der Waals surface area contributed by atoms with Crippen molar-refractivity contribution >= 4 is 5.69 Å². The first-order chi connectivity index (χ1) is 9.05. The van der Waals surface area contributed by atoms with Gasteiger partial charge in [0.05, 0.1) is 24.0 Å². The van der Waals surface area contributed by atoms with Gasteiger partial charge in [-0.2, -0.15) is 0 Å². The third-order valence-electron chi connectivity index (χ3n) is 2.94. The van der Waals surface area contributed by atoms with Gasteiger partial charge in [0.2, 0.25) is 0 Å². The zero-order valence-electron chi connectivity index (χ0n) is 10.4. The van der Waals surface area contributed by atoms with Crippen LogP contribution in [0.25, 0.3) is 0 Å². The maximum absolute atomic E-state index is 13.6. The van der Waals surface area contributed by atoms with Crippen LogP contribution in [0, 0.1) is 11.6 Å². The Morgan fingerprint density at radius 2 is 2.00 bits per heavy atom. The third kappa shape index (κ3) is 2.88. The summed E-state index contributed by atoms with van der Waals surface area (Å²) in [7, 11) is 0. The number of benzene rings is 1. The number of hydrogen-bond donors (Lipinski definition) is 2. The van der Waals surface area contributed by atoms with Gasteiger partial charge in [-0.15, -0.1) is 0 Å². The fourth-order valence-electron chi connectivity index (χ4n) is 1.78. The largest absolute Gasteiger partial charge is 0.394 e. The molecule has 1 heterocycles. The molecule has 0 spiro atoms.